The molecule has 172 valence electrons. The van der Waals surface area contributed by atoms with E-state index in [0.29, 0.717) is 10.0 Å². The average molecular weight is 499 g/mol. The molecule has 0 fully saturated rings. The number of hydrogen-bond donors (Lipinski definition) is 3. The Balaban J connectivity index is 1.57. The molecule has 1 aliphatic heterocycles. The van der Waals surface area contributed by atoms with E-state index in [1.165, 1.54) is 12.1 Å². The summed E-state index contributed by atoms with van der Waals surface area (Å²) < 4.78 is 33.5. The molecule has 0 unspecified atom stereocenters. The summed E-state index contributed by atoms with van der Waals surface area (Å²) in [6, 6.07) is 10.8. The lowest BCUT2D eigenvalue weighted by Crippen LogP contribution is -2.49. The van der Waals surface area contributed by atoms with Crippen LogP contribution in [0.5, 0.6) is 0 Å². The van der Waals surface area contributed by atoms with E-state index in [4.69, 9.17) is 27.9 Å². The average Bonchev–Trinajstić information content (AvgIpc) is 2.75. The fourth-order valence-corrected chi connectivity index (χ4v) is 4.72. The van der Waals surface area contributed by atoms with Crippen molar-refractivity contribution in [3.05, 3.63) is 75.8 Å². The Morgan fingerprint density at radius 2 is 1.81 bits per heavy atom. The number of aliphatic hydroxyl groups excluding tert-OH is 1. The minimum Gasteiger partial charge on any atom is -0.394 e. The molecule has 32 heavy (non-hydrogen) atoms. The maximum atomic E-state index is 12.6. The number of amides is 1. The smallest absolute Gasteiger partial charge is 0.241 e. The summed E-state index contributed by atoms with van der Waals surface area (Å²) in [7, 11) is -3.80. The van der Waals surface area contributed by atoms with Crippen LogP contribution in [-0.4, -0.2) is 44.3 Å². The Labute approximate surface area is 197 Å². The second-order valence-electron chi connectivity index (χ2n) is 7.47. The largest absolute Gasteiger partial charge is 0.394 e. The molecule has 0 radical (unpaired) electrons. The molecule has 1 amide bonds. The Morgan fingerprint density at radius 3 is 2.47 bits per heavy atom. The number of aryl methyl sites for hydroxylation is 1. The van der Waals surface area contributed by atoms with E-state index in [9.17, 15) is 18.3 Å². The monoisotopic (exact) mass is 498 g/mol. The van der Waals surface area contributed by atoms with Crippen molar-refractivity contribution in [3.63, 3.8) is 0 Å². The number of hydrogen-bond acceptors (Lipinski definition) is 5. The van der Waals surface area contributed by atoms with Gasteiger partial charge in [0.1, 0.15) is 6.10 Å². The number of halogens is 2. The van der Waals surface area contributed by atoms with Gasteiger partial charge in [-0.05, 0) is 36.8 Å². The molecule has 7 nitrogen and oxygen atoms in total. The quantitative estimate of drug-likeness (QED) is 0.485. The van der Waals surface area contributed by atoms with Gasteiger partial charge in [0, 0.05) is 6.54 Å². The first-order valence-electron chi connectivity index (χ1n) is 9.92. The third-order valence-electron chi connectivity index (χ3n) is 4.95. The van der Waals surface area contributed by atoms with E-state index in [1.807, 2.05) is 6.92 Å². The first-order chi connectivity index (χ1) is 15.2. The van der Waals surface area contributed by atoms with Gasteiger partial charge in [0.25, 0.3) is 0 Å². The summed E-state index contributed by atoms with van der Waals surface area (Å²) in [6.07, 6.45) is 1.82. The summed E-state index contributed by atoms with van der Waals surface area (Å²) in [5, 5.41) is 13.3. The van der Waals surface area contributed by atoms with Crippen molar-refractivity contribution in [1.82, 2.24) is 10.0 Å². The van der Waals surface area contributed by atoms with Crippen LogP contribution < -0.4 is 10.0 Å². The van der Waals surface area contributed by atoms with Crippen LogP contribution in [0.3, 0.4) is 0 Å². The molecule has 1 aliphatic rings. The van der Waals surface area contributed by atoms with Crippen molar-refractivity contribution < 1.29 is 23.1 Å². The Hall–Kier alpha value is -1.94. The molecule has 0 aliphatic carbocycles. The fraction of sp³-hybridized carbons (Fsp3) is 0.318. The van der Waals surface area contributed by atoms with E-state index in [1.54, 1.807) is 42.5 Å². The SMILES string of the molecule is Cc1ccc(S(=O)(=O)N[C@H]2C=C[C@@H](CC(=O)NCc3ccc(Cl)c(Cl)c3)O[C@H]2CO)cc1. The van der Waals surface area contributed by atoms with Crippen LogP contribution >= 0.6 is 23.2 Å². The maximum Gasteiger partial charge on any atom is 0.241 e. The lowest BCUT2D eigenvalue weighted by atomic mass is 10.1. The minimum atomic E-state index is -3.80. The number of carbonyl (C=O) groups excluding carboxylic acids is 1. The van der Waals surface area contributed by atoms with Gasteiger partial charge in [0.2, 0.25) is 15.9 Å². The first-order valence-corrected chi connectivity index (χ1v) is 12.2. The number of nitrogens with one attached hydrogen (secondary N) is 2. The van der Waals surface area contributed by atoms with Gasteiger partial charge in [-0.3, -0.25) is 4.79 Å². The van der Waals surface area contributed by atoms with Gasteiger partial charge in [-0.2, -0.15) is 0 Å². The highest BCUT2D eigenvalue weighted by atomic mass is 35.5. The van der Waals surface area contributed by atoms with Crippen molar-refractivity contribution in [2.75, 3.05) is 6.61 Å². The molecular weight excluding hydrogens is 475 g/mol. The number of benzene rings is 2. The predicted octanol–water partition coefficient (Wildman–Crippen LogP) is 2.97. The van der Waals surface area contributed by atoms with Crippen LogP contribution in [0.1, 0.15) is 17.5 Å². The molecule has 0 spiro atoms. The normalized spacial score (nSPS) is 20.8. The number of ether oxygens (including phenoxy) is 1. The van der Waals surface area contributed by atoms with Crippen molar-refractivity contribution in [3.8, 4) is 0 Å². The lowest BCUT2D eigenvalue weighted by Gasteiger charge is -2.31. The van der Waals surface area contributed by atoms with E-state index in [0.717, 1.165) is 11.1 Å². The molecule has 0 aromatic heterocycles. The zero-order valence-electron chi connectivity index (χ0n) is 17.3. The molecule has 3 N–H and O–H groups in total. The van der Waals surface area contributed by atoms with Gasteiger partial charge >= 0.3 is 0 Å². The molecule has 3 rings (SSSR count). The molecule has 3 atom stereocenters. The third-order valence-corrected chi connectivity index (χ3v) is 7.16. The van der Waals surface area contributed by atoms with Crippen LogP contribution in [0.15, 0.2) is 59.5 Å². The predicted molar refractivity (Wildman–Crippen MR) is 123 cm³/mol. The summed E-state index contributed by atoms with van der Waals surface area (Å²) >= 11 is 11.9. The maximum absolute atomic E-state index is 12.6. The Kier molecular flexibility index (Phi) is 8.32. The summed E-state index contributed by atoms with van der Waals surface area (Å²) in [5.41, 5.74) is 1.74. The second kappa shape index (κ2) is 10.8. The summed E-state index contributed by atoms with van der Waals surface area (Å²) in [4.78, 5) is 12.4. The van der Waals surface area contributed by atoms with Gasteiger partial charge in [-0.1, -0.05) is 59.1 Å². The van der Waals surface area contributed by atoms with Gasteiger partial charge in [0.15, 0.2) is 0 Å². The van der Waals surface area contributed by atoms with Crippen LogP contribution in [0.25, 0.3) is 0 Å². The number of aliphatic hydroxyl groups is 1. The number of sulfonamides is 1. The fourth-order valence-electron chi connectivity index (χ4n) is 3.18. The van der Waals surface area contributed by atoms with Crippen molar-refractivity contribution in [1.29, 1.82) is 0 Å². The highest BCUT2D eigenvalue weighted by Gasteiger charge is 2.31. The van der Waals surface area contributed by atoms with E-state index < -0.39 is 34.9 Å². The van der Waals surface area contributed by atoms with Crippen LogP contribution in [0.4, 0.5) is 0 Å². The molecule has 2 aromatic carbocycles. The van der Waals surface area contributed by atoms with Gasteiger partial charge in [0.05, 0.1) is 40.1 Å². The third kappa shape index (κ3) is 6.54. The molecule has 1 heterocycles. The lowest BCUT2D eigenvalue weighted by molar-refractivity contribution is -0.125. The van der Waals surface area contributed by atoms with E-state index in [2.05, 4.69) is 10.0 Å². The zero-order chi connectivity index (χ0) is 23.3. The zero-order valence-corrected chi connectivity index (χ0v) is 19.6. The Morgan fingerprint density at radius 1 is 1.09 bits per heavy atom. The molecule has 0 bridgehead atoms. The van der Waals surface area contributed by atoms with Gasteiger partial charge < -0.3 is 15.2 Å². The molecular formula is C22H24Cl2N2O5S. The molecule has 0 saturated heterocycles. The first kappa shape index (κ1) is 24.7. The van der Waals surface area contributed by atoms with Crippen molar-refractivity contribution >= 4 is 39.1 Å². The molecule has 10 heteroatoms. The molecule has 2 aromatic rings. The van der Waals surface area contributed by atoms with Crippen molar-refractivity contribution in [2.24, 2.45) is 0 Å². The van der Waals surface area contributed by atoms with Crippen LogP contribution in [0, 0.1) is 6.92 Å². The van der Waals surface area contributed by atoms with Crippen LogP contribution in [-0.2, 0) is 26.1 Å². The van der Waals surface area contributed by atoms with Crippen molar-refractivity contribution in [2.45, 2.75) is 43.0 Å². The Bertz CT molecular complexity index is 1090. The van der Waals surface area contributed by atoms with Gasteiger partial charge in [-0.25, -0.2) is 13.1 Å². The van der Waals surface area contributed by atoms with E-state index >= 15 is 0 Å². The molecule has 0 saturated carbocycles. The van der Waals surface area contributed by atoms with Crippen LogP contribution in [0.2, 0.25) is 10.0 Å². The highest BCUT2D eigenvalue weighted by Crippen LogP contribution is 2.23. The van der Waals surface area contributed by atoms with Gasteiger partial charge in [-0.15, -0.1) is 0 Å². The highest BCUT2D eigenvalue weighted by molar-refractivity contribution is 7.89. The second-order valence-corrected chi connectivity index (χ2v) is 10.00. The standard InChI is InChI=1S/C22H24Cl2N2O5S/c1-14-2-6-17(7-3-14)32(29,30)26-20-9-5-16(31-21(20)13-27)11-22(28)25-12-15-4-8-18(23)19(24)10-15/h2-10,16,20-21,26-27H,11-13H2,1H3,(H,25,28)/t16-,20-,21-/m0/s1. The summed E-state index contributed by atoms with van der Waals surface area (Å²) in [6.45, 7) is 1.73. The van der Waals surface area contributed by atoms with E-state index in [-0.39, 0.29) is 23.8 Å². The topological polar surface area (TPSA) is 105 Å². The minimum absolute atomic E-state index is 0.0196. The summed E-state index contributed by atoms with van der Waals surface area (Å²) in [5.74, 6) is -0.263. The number of rotatable bonds is 8. The number of carbonyl (C=O) groups is 1.